The number of carbonyl (C=O) groups is 4. The average molecular weight is 584 g/mol. The first-order valence-electron chi connectivity index (χ1n) is 16.3. The molecule has 240 valence electrons. The van der Waals surface area contributed by atoms with E-state index in [1.165, 1.54) is 70.6 Å². The molecular weight excluding hydrogens is 522 g/mol. The van der Waals surface area contributed by atoms with Crippen LogP contribution < -0.4 is 5.32 Å². The molecule has 0 fully saturated rings. The van der Waals surface area contributed by atoms with Gasteiger partial charge in [-0.2, -0.15) is 0 Å². The zero-order chi connectivity index (χ0) is 30.8. The topological polar surface area (TPSA) is 119 Å². The van der Waals surface area contributed by atoms with Gasteiger partial charge in [-0.3, -0.25) is 14.4 Å². The Labute approximate surface area is 250 Å². The number of amides is 1. The molecule has 0 aliphatic rings. The molecule has 0 bridgehead atoms. The van der Waals surface area contributed by atoms with Gasteiger partial charge in [0.1, 0.15) is 18.4 Å². The molecule has 0 aromatic heterocycles. The standard InChI is InChI=1S/C33H61NO7/c1-5-6-7-8-9-10-11-12-13-14-15-16-17-18-21-31(37)34-29(32(38)39)23-22-28(35)20-19-24-40-25-26-41-27-30(36)33(2,3)4/h29H,5-27H2,1-4H3,(H,34,37)(H,38,39)/t29-/m1/s1. The summed E-state index contributed by atoms with van der Waals surface area (Å²) in [6.07, 6.45) is 18.7. The molecule has 0 aliphatic carbocycles. The van der Waals surface area contributed by atoms with E-state index in [1.807, 2.05) is 20.8 Å². The van der Waals surface area contributed by atoms with Crippen molar-refractivity contribution in [3.05, 3.63) is 0 Å². The number of carboxylic acid groups (broad SMARTS) is 1. The summed E-state index contributed by atoms with van der Waals surface area (Å²) < 4.78 is 10.7. The highest BCUT2D eigenvalue weighted by atomic mass is 16.5. The third-order valence-electron chi connectivity index (χ3n) is 7.29. The molecule has 1 atom stereocenters. The second-order valence-electron chi connectivity index (χ2n) is 12.3. The molecule has 8 nitrogen and oxygen atoms in total. The molecule has 0 heterocycles. The minimum atomic E-state index is -1.11. The van der Waals surface area contributed by atoms with Crippen LogP contribution in [0.15, 0.2) is 0 Å². The number of rotatable bonds is 29. The fraction of sp³-hybridized carbons (Fsp3) is 0.879. The summed E-state index contributed by atoms with van der Waals surface area (Å²) in [5.41, 5.74) is -0.421. The Bertz CT molecular complexity index is 702. The lowest BCUT2D eigenvalue weighted by atomic mass is 9.91. The lowest BCUT2D eigenvalue weighted by Crippen LogP contribution is -2.41. The number of hydrogen-bond acceptors (Lipinski definition) is 6. The maximum absolute atomic E-state index is 12.2. The Morgan fingerprint density at radius 1 is 0.659 bits per heavy atom. The van der Waals surface area contributed by atoms with Crippen LogP contribution in [0.3, 0.4) is 0 Å². The van der Waals surface area contributed by atoms with Gasteiger partial charge >= 0.3 is 5.97 Å². The molecule has 0 spiro atoms. The van der Waals surface area contributed by atoms with E-state index in [2.05, 4.69) is 12.2 Å². The third kappa shape index (κ3) is 25.6. The van der Waals surface area contributed by atoms with Crippen LogP contribution >= 0.6 is 0 Å². The number of hydrogen-bond donors (Lipinski definition) is 2. The van der Waals surface area contributed by atoms with Crippen molar-refractivity contribution in [1.82, 2.24) is 5.32 Å². The normalized spacial score (nSPS) is 12.3. The number of carbonyl (C=O) groups excluding carboxylic acids is 3. The predicted molar refractivity (Wildman–Crippen MR) is 164 cm³/mol. The molecule has 41 heavy (non-hydrogen) atoms. The van der Waals surface area contributed by atoms with Gasteiger partial charge in [0.25, 0.3) is 0 Å². The summed E-state index contributed by atoms with van der Waals surface area (Å²) in [4.78, 5) is 47.7. The third-order valence-corrected chi connectivity index (χ3v) is 7.29. The molecule has 0 saturated carbocycles. The van der Waals surface area contributed by atoms with Gasteiger partial charge in [0.05, 0.1) is 13.2 Å². The van der Waals surface area contributed by atoms with Gasteiger partial charge in [-0.25, -0.2) is 4.79 Å². The molecule has 0 aromatic rings. The Balaban J connectivity index is 3.75. The van der Waals surface area contributed by atoms with E-state index in [1.54, 1.807) is 0 Å². The smallest absolute Gasteiger partial charge is 0.326 e. The summed E-state index contributed by atoms with van der Waals surface area (Å²) in [6, 6.07) is -1.04. The zero-order valence-corrected chi connectivity index (χ0v) is 26.7. The van der Waals surface area contributed by atoms with Crippen LogP contribution in [0.2, 0.25) is 0 Å². The van der Waals surface area contributed by atoms with Crippen LogP contribution in [-0.2, 0) is 28.7 Å². The van der Waals surface area contributed by atoms with Crippen LogP contribution in [-0.4, -0.2) is 61.0 Å². The van der Waals surface area contributed by atoms with Crippen molar-refractivity contribution in [2.24, 2.45) is 5.41 Å². The van der Waals surface area contributed by atoms with Crippen molar-refractivity contribution in [2.45, 2.75) is 156 Å². The fourth-order valence-electron chi connectivity index (χ4n) is 4.41. The van der Waals surface area contributed by atoms with Crippen molar-refractivity contribution in [3.8, 4) is 0 Å². The van der Waals surface area contributed by atoms with E-state index in [-0.39, 0.29) is 36.9 Å². The largest absolute Gasteiger partial charge is 0.480 e. The highest BCUT2D eigenvalue weighted by Crippen LogP contribution is 2.15. The first kappa shape index (κ1) is 39.2. The molecule has 0 rings (SSSR count). The summed E-state index contributed by atoms with van der Waals surface area (Å²) in [6.45, 7) is 8.90. The Kier molecular flexibility index (Phi) is 24.7. The number of aliphatic carboxylic acids is 1. The van der Waals surface area contributed by atoms with Gasteiger partial charge in [0.2, 0.25) is 5.91 Å². The first-order valence-corrected chi connectivity index (χ1v) is 16.3. The van der Waals surface area contributed by atoms with E-state index >= 15 is 0 Å². The Morgan fingerprint density at radius 3 is 1.68 bits per heavy atom. The molecule has 2 N–H and O–H groups in total. The van der Waals surface area contributed by atoms with Crippen LogP contribution in [0.4, 0.5) is 0 Å². The van der Waals surface area contributed by atoms with Crippen molar-refractivity contribution in [3.63, 3.8) is 0 Å². The van der Waals surface area contributed by atoms with E-state index in [0.717, 1.165) is 19.3 Å². The number of unbranched alkanes of at least 4 members (excludes halogenated alkanes) is 13. The number of ketones is 2. The van der Waals surface area contributed by atoms with Crippen LogP contribution in [0, 0.1) is 5.41 Å². The lowest BCUT2D eigenvalue weighted by Gasteiger charge is -2.16. The average Bonchev–Trinajstić information content (AvgIpc) is 2.91. The van der Waals surface area contributed by atoms with Crippen LogP contribution in [0.25, 0.3) is 0 Å². The quantitative estimate of drug-likeness (QED) is 0.0893. The molecular formula is C33H61NO7. The van der Waals surface area contributed by atoms with E-state index < -0.39 is 17.4 Å². The SMILES string of the molecule is CCCCCCCCCCCCCCCCC(=O)N[C@H](CCC(=O)CCCOCCOCC(=O)C(C)(C)C)C(=O)O. The van der Waals surface area contributed by atoms with E-state index in [4.69, 9.17) is 9.47 Å². The fourth-order valence-corrected chi connectivity index (χ4v) is 4.41. The molecule has 8 heteroatoms. The van der Waals surface area contributed by atoms with Crippen LogP contribution in [0.1, 0.15) is 150 Å². The lowest BCUT2D eigenvalue weighted by molar-refractivity contribution is -0.142. The molecule has 0 aliphatic heterocycles. The minimum absolute atomic E-state index is 0.0359. The highest BCUT2D eigenvalue weighted by Gasteiger charge is 2.21. The molecule has 0 aromatic carbocycles. The van der Waals surface area contributed by atoms with Gasteiger partial charge in [-0.15, -0.1) is 0 Å². The summed E-state index contributed by atoms with van der Waals surface area (Å²) in [7, 11) is 0. The zero-order valence-electron chi connectivity index (χ0n) is 26.7. The van der Waals surface area contributed by atoms with Gasteiger partial charge in [0.15, 0.2) is 5.78 Å². The van der Waals surface area contributed by atoms with Crippen LogP contribution in [0.5, 0.6) is 0 Å². The second-order valence-corrected chi connectivity index (χ2v) is 12.3. The summed E-state index contributed by atoms with van der Waals surface area (Å²) in [5.74, 6) is -1.38. The van der Waals surface area contributed by atoms with E-state index in [0.29, 0.717) is 39.1 Å². The van der Waals surface area contributed by atoms with Gasteiger partial charge in [0, 0.05) is 31.3 Å². The Morgan fingerprint density at radius 2 is 1.17 bits per heavy atom. The first-order chi connectivity index (χ1) is 19.6. The minimum Gasteiger partial charge on any atom is -0.480 e. The van der Waals surface area contributed by atoms with E-state index in [9.17, 15) is 24.3 Å². The van der Waals surface area contributed by atoms with Crippen molar-refractivity contribution >= 4 is 23.4 Å². The highest BCUT2D eigenvalue weighted by molar-refractivity contribution is 5.85. The van der Waals surface area contributed by atoms with Gasteiger partial charge in [-0.1, -0.05) is 111 Å². The molecule has 1 amide bonds. The number of carboxylic acids is 1. The Hall–Kier alpha value is -1.80. The maximum atomic E-state index is 12.2. The summed E-state index contributed by atoms with van der Waals surface area (Å²) in [5, 5.41) is 12.0. The van der Waals surface area contributed by atoms with Crippen molar-refractivity contribution < 1.29 is 33.8 Å². The molecule has 0 unspecified atom stereocenters. The molecule has 0 radical (unpaired) electrons. The number of ether oxygens (including phenoxy) is 2. The van der Waals surface area contributed by atoms with Gasteiger partial charge < -0.3 is 19.9 Å². The van der Waals surface area contributed by atoms with Gasteiger partial charge in [-0.05, 0) is 19.3 Å². The summed E-state index contributed by atoms with van der Waals surface area (Å²) >= 11 is 0. The van der Waals surface area contributed by atoms with Crippen molar-refractivity contribution in [1.29, 1.82) is 0 Å². The molecule has 0 saturated heterocycles. The number of Topliss-reactive ketones (excluding diaryl/α,β-unsaturated/α-hetero) is 2. The second kappa shape index (κ2) is 25.9. The maximum Gasteiger partial charge on any atom is 0.326 e. The van der Waals surface area contributed by atoms with Crippen molar-refractivity contribution in [2.75, 3.05) is 26.4 Å². The monoisotopic (exact) mass is 583 g/mol. The number of nitrogens with one attached hydrogen (secondary N) is 1. The predicted octanol–water partition coefficient (Wildman–Crippen LogP) is 7.21.